The number of hydrogen-bond acceptors (Lipinski definition) is 1. The van der Waals surface area contributed by atoms with Gasteiger partial charge >= 0.3 is 0 Å². The van der Waals surface area contributed by atoms with Crippen molar-refractivity contribution in [3.63, 3.8) is 0 Å². The Labute approximate surface area is 126 Å². The highest BCUT2D eigenvalue weighted by Crippen LogP contribution is 2.28. The second-order valence-corrected chi connectivity index (χ2v) is 6.69. The van der Waals surface area contributed by atoms with Gasteiger partial charge in [0.25, 0.3) is 0 Å². The van der Waals surface area contributed by atoms with Crippen molar-refractivity contribution in [3.8, 4) is 0 Å². The summed E-state index contributed by atoms with van der Waals surface area (Å²) in [5.41, 5.74) is 0. The molecule has 0 aliphatic rings. The fourth-order valence-corrected chi connectivity index (χ4v) is 1.79. The number of rotatable bonds is 12. The second kappa shape index (κ2) is 9.65. The van der Waals surface area contributed by atoms with Crippen LogP contribution < -0.4 is 0 Å². The quantitative estimate of drug-likeness (QED) is 0.320. The molecule has 0 atom stereocenters. The van der Waals surface area contributed by atoms with Crippen LogP contribution in [0.5, 0.6) is 0 Å². The number of ether oxygens (including phenoxy) is 1. The molecular formula is C16H30F4O. The summed E-state index contributed by atoms with van der Waals surface area (Å²) in [5.74, 6) is -5.05. The average molecular weight is 314 g/mol. The molecule has 0 aromatic carbocycles. The standard InChI is InChI=1S/C16H30F4O/c1-13(2)5-7-15(17,18)9-11-21-12-10-16(19,20)8-6-14(3)4/h13-14H,5-12H2,1-4H3. The van der Waals surface area contributed by atoms with Gasteiger partial charge in [-0.3, -0.25) is 0 Å². The largest absolute Gasteiger partial charge is 0.381 e. The summed E-state index contributed by atoms with van der Waals surface area (Å²) in [6, 6.07) is 0. The zero-order chi connectivity index (χ0) is 16.5. The fourth-order valence-electron chi connectivity index (χ4n) is 1.79. The molecule has 0 spiro atoms. The monoisotopic (exact) mass is 314 g/mol. The average Bonchev–Trinajstić information content (AvgIpc) is 2.34. The van der Waals surface area contributed by atoms with Gasteiger partial charge < -0.3 is 4.74 Å². The van der Waals surface area contributed by atoms with Crippen molar-refractivity contribution in [2.75, 3.05) is 13.2 Å². The van der Waals surface area contributed by atoms with Crippen molar-refractivity contribution in [3.05, 3.63) is 0 Å². The summed E-state index contributed by atoms with van der Waals surface area (Å²) < 4.78 is 58.7. The lowest BCUT2D eigenvalue weighted by Gasteiger charge is -2.19. The lowest BCUT2D eigenvalue weighted by molar-refractivity contribution is -0.0636. The van der Waals surface area contributed by atoms with Gasteiger partial charge in [-0.25, -0.2) is 17.6 Å². The molecule has 5 heteroatoms. The molecule has 0 bridgehead atoms. The predicted octanol–water partition coefficient (Wildman–Crippen LogP) is 5.93. The molecule has 0 aromatic heterocycles. The third kappa shape index (κ3) is 13.1. The van der Waals surface area contributed by atoms with E-state index in [-0.39, 0.29) is 37.9 Å². The molecule has 0 radical (unpaired) electrons. The molecule has 0 rings (SSSR count). The van der Waals surface area contributed by atoms with Crippen LogP contribution in [0.1, 0.15) is 66.2 Å². The molecule has 0 unspecified atom stereocenters. The highest BCUT2D eigenvalue weighted by atomic mass is 19.3. The fraction of sp³-hybridized carbons (Fsp3) is 1.00. The maximum absolute atomic E-state index is 13.4. The maximum Gasteiger partial charge on any atom is 0.250 e. The van der Waals surface area contributed by atoms with Gasteiger partial charge in [0.1, 0.15) is 0 Å². The Kier molecular flexibility index (Phi) is 9.50. The number of alkyl halides is 4. The van der Waals surface area contributed by atoms with Crippen molar-refractivity contribution >= 4 is 0 Å². The highest BCUT2D eigenvalue weighted by Gasteiger charge is 2.30. The van der Waals surface area contributed by atoms with Crippen molar-refractivity contribution in [1.29, 1.82) is 0 Å². The molecule has 0 aromatic rings. The molecule has 0 amide bonds. The molecule has 0 saturated heterocycles. The van der Waals surface area contributed by atoms with Gasteiger partial charge in [-0.2, -0.15) is 0 Å². The molecule has 0 fully saturated rings. The van der Waals surface area contributed by atoms with E-state index in [1.165, 1.54) is 0 Å². The topological polar surface area (TPSA) is 9.23 Å². The van der Waals surface area contributed by atoms with Gasteiger partial charge in [0.05, 0.1) is 13.2 Å². The minimum Gasteiger partial charge on any atom is -0.381 e. The molecular weight excluding hydrogens is 284 g/mol. The highest BCUT2D eigenvalue weighted by molar-refractivity contribution is 4.69. The Balaban J connectivity index is 3.75. The van der Waals surface area contributed by atoms with Crippen molar-refractivity contribution < 1.29 is 22.3 Å². The van der Waals surface area contributed by atoms with Crippen LogP contribution in [0, 0.1) is 11.8 Å². The van der Waals surface area contributed by atoms with Crippen molar-refractivity contribution in [1.82, 2.24) is 0 Å². The van der Waals surface area contributed by atoms with Crippen LogP contribution in [-0.2, 0) is 4.74 Å². The lowest BCUT2D eigenvalue weighted by atomic mass is 10.0. The Morgan fingerprint density at radius 2 is 1.00 bits per heavy atom. The van der Waals surface area contributed by atoms with Crippen LogP contribution in [0.2, 0.25) is 0 Å². The minimum absolute atomic E-state index is 0.161. The summed E-state index contributed by atoms with van der Waals surface area (Å²) in [4.78, 5) is 0. The molecule has 0 aliphatic carbocycles. The molecule has 128 valence electrons. The molecule has 1 nitrogen and oxygen atoms in total. The Bertz CT molecular complexity index is 239. The third-order valence-electron chi connectivity index (χ3n) is 3.40. The molecule has 0 saturated carbocycles. The van der Waals surface area contributed by atoms with E-state index in [1.54, 1.807) is 0 Å². The zero-order valence-electron chi connectivity index (χ0n) is 13.7. The first kappa shape index (κ1) is 20.7. The van der Waals surface area contributed by atoms with Crippen LogP contribution in [-0.4, -0.2) is 25.1 Å². The first-order valence-corrected chi connectivity index (χ1v) is 7.87. The van der Waals surface area contributed by atoms with Gasteiger partial charge in [-0.15, -0.1) is 0 Å². The summed E-state index contributed by atoms with van der Waals surface area (Å²) in [6.45, 7) is 7.26. The summed E-state index contributed by atoms with van der Waals surface area (Å²) in [6.07, 6.45) is -0.202. The SMILES string of the molecule is CC(C)CCC(F)(F)CCOCCC(F)(F)CCC(C)C. The first-order valence-electron chi connectivity index (χ1n) is 7.87. The van der Waals surface area contributed by atoms with Crippen LogP contribution in [0.4, 0.5) is 17.6 Å². The normalized spacial score (nSPS) is 13.4. The van der Waals surface area contributed by atoms with Crippen molar-refractivity contribution in [2.24, 2.45) is 11.8 Å². The van der Waals surface area contributed by atoms with Crippen LogP contribution in [0.15, 0.2) is 0 Å². The molecule has 0 N–H and O–H groups in total. The predicted molar refractivity (Wildman–Crippen MR) is 78.1 cm³/mol. The smallest absolute Gasteiger partial charge is 0.250 e. The zero-order valence-corrected chi connectivity index (χ0v) is 13.7. The van der Waals surface area contributed by atoms with Gasteiger partial charge in [0, 0.05) is 25.7 Å². The van der Waals surface area contributed by atoms with Gasteiger partial charge in [-0.05, 0) is 24.7 Å². The number of hydrogen-bond donors (Lipinski definition) is 0. The third-order valence-corrected chi connectivity index (χ3v) is 3.40. The van der Waals surface area contributed by atoms with E-state index in [1.807, 2.05) is 27.7 Å². The van der Waals surface area contributed by atoms with E-state index in [9.17, 15) is 17.6 Å². The van der Waals surface area contributed by atoms with E-state index >= 15 is 0 Å². The molecule has 0 aliphatic heterocycles. The van der Waals surface area contributed by atoms with Crippen LogP contribution in [0.25, 0.3) is 0 Å². The van der Waals surface area contributed by atoms with Gasteiger partial charge in [-0.1, -0.05) is 27.7 Å². The van der Waals surface area contributed by atoms with E-state index < -0.39 is 24.7 Å². The second-order valence-electron chi connectivity index (χ2n) is 6.69. The van der Waals surface area contributed by atoms with Gasteiger partial charge in [0.15, 0.2) is 0 Å². The van der Waals surface area contributed by atoms with E-state index in [2.05, 4.69) is 0 Å². The number of halogens is 4. The van der Waals surface area contributed by atoms with E-state index in [0.717, 1.165) is 0 Å². The Morgan fingerprint density at radius 1 is 0.667 bits per heavy atom. The lowest BCUT2D eigenvalue weighted by Crippen LogP contribution is -2.22. The minimum atomic E-state index is -2.76. The summed E-state index contributed by atoms with van der Waals surface area (Å²) in [7, 11) is 0. The van der Waals surface area contributed by atoms with Gasteiger partial charge in [0.2, 0.25) is 11.8 Å². The summed E-state index contributed by atoms with van der Waals surface area (Å²) >= 11 is 0. The van der Waals surface area contributed by atoms with E-state index in [0.29, 0.717) is 12.8 Å². The first-order chi connectivity index (χ1) is 9.54. The Morgan fingerprint density at radius 3 is 1.29 bits per heavy atom. The Hall–Kier alpha value is -0.320. The summed E-state index contributed by atoms with van der Waals surface area (Å²) in [5, 5.41) is 0. The van der Waals surface area contributed by atoms with Crippen LogP contribution >= 0.6 is 0 Å². The molecule has 21 heavy (non-hydrogen) atoms. The molecule has 0 heterocycles. The maximum atomic E-state index is 13.4. The van der Waals surface area contributed by atoms with E-state index in [4.69, 9.17) is 4.74 Å². The van der Waals surface area contributed by atoms with Crippen molar-refractivity contribution in [2.45, 2.75) is 78.1 Å². The van der Waals surface area contributed by atoms with Crippen LogP contribution in [0.3, 0.4) is 0 Å².